The highest BCUT2D eigenvalue weighted by atomic mass is 16.5. The maximum atomic E-state index is 12.6. The van der Waals surface area contributed by atoms with E-state index in [0.717, 1.165) is 80.9 Å². The van der Waals surface area contributed by atoms with Gasteiger partial charge >= 0.3 is 0 Å². The maximum Gasteiger partial charge on any atom is 0.253 e. The molecule has 4 fully saturated rings. The zero-order valence-corrected chi connectivity index (χ0v) is 21.3. The van der Waals surface area contributed by atoms with Crippen molar-refractivity contribution in [2.45, 2.75) is 69.6 Å². The fourth-order valence-corrected chi connectivity index (χ4v) is 5.96. The third-order valence-electron chi connectivity index (χ3n) is 8.57. The van der Waals surface area contributed by atoms with Gasteiger partial charge in [-0.15, -0.1) is 0 Å². The van der Waals surface area contributed by atoms with Gasteiger partial charge in [0.15, 0.2) is 0 Å². The summed E-state index contributed by atoms with van der Waals surface area (Å²) in [6.07, 6.45) is 12.1. The Bertz CT molecular complexity index is 1040. The lowest BCUT2D eigenvalue weighted by atomic mass is 9.89. The molecule has 8 nitrogen and oxygen atoms in total. The number of piperidine rings is 2. The molecule has 0 N–H and O–H groups in total. The van der Waals surface area contributed by atoms with Gasteiger partial charge in [-0.2, -0.15) is 0 Å². The van der Waals surface area contributed by atoms with Gasteiger partial charge in [-0.25, -0.2) is 4.98 Å². The van der Waals surface area contributed by atoms with Gasteiger partial charge in [0.05, 0.1) is 35.9 Å². The van der Waals surface area contributed by atoms with Crippen LogP contribution in [-0.2, 0) is 9.53 Å². The molecule has 0 unspecified atom stereocenters. The number of nitrogens with zero attached hydrogens (tertiary/aromatic N) is 5. The first-order valence-corrected chi connectivity index (χ1v) is 13.6. The minimum absolute atomic E-state index is 0.00204. The Balaban J connectivity index is 1.02. The molecule has 1 aliphatic carbocycles. The van der Waals surface area contributed by atoms with Crippen LogP contribution in [0.5, 0.6) is 5.88 Å². The van der Waals surface area contributed by atoms with E-state index in [-0.39, 0.29) is 24.2 Å². The Kier molecular flexibility index (Phi) is 6.56. The molecule has 1 amide bonds. The summed E-state index contributed by atoms with van der Waals surface area (Å²) in [4.78, 5) is 28.4. The quantitative estimate of drug-likeness (QED) is 0.633. The fraction of sp³-hybridized carbons (Fsp3) is 0.607. The molecule has 1 spiro atoms. The summed E-state index contributed by atoms with van der Waals surface area (Å²) < 4.78 is 12.4. The van der Waals surface area contributed by atoms with Crippen molar-refractivity contribution in [1.82, 2.24) is 14.9 Å². The van der Waals surface area contributed by atoms with E-state index in [4.69, 9.17) is 9.47 Å². The van der Waals surface area contributed by atoms with Crippen LogP contribution in [0.2, 0.25) is 0 Å². The van der Waals surface area contributed by atoms with Crippen LogP contribution < -0.4 is 14.5 Å². The lowest BCUT2D eigenvalue weighted by Crippen LogP contribution is -2.59. The number of likely N-dealkylation sites (tertiary alicyclic amines) is 1. The summed E-state index contributed by atoms with van der Waals surface area (Å²) in [7, 11) is 0. The van der Waals surface area contributed by atoms with E-state index in [9.17, 15) is 4.79 Å². The van der Waals surface area contributed by atoms with Crippen LogP contribution in [0.4, 0.5) is 11.4 Å². The van der Waals surface area contributed by atoms with Gasteiger partial charge in [0.25, 0.3) is 5.91 Å². The number of pyridine rings is 2. The van der Waals surface area contributed by atoms with Crippen molar-refractivity contribution in [3.05, 3.63) is 42.4 Å². The van der Waals surface area contributed by atoms with Gasteiger partial charge in [-0.3, -0.25) is 9.78 Å². The minimum Gasteiger partial charge on any atom is -0.474 e. The molecule has 192 valence electrons. The molecule has 0 aromatic carbocycles. The van der Waals surface area contributed by atoms with E-state index in [1.54, 1.807) is 6.20 Å². The standard InChI is InChI=1S/C28H37N5O3/c1-21-5-6-24(18-29-21)33-20-28(35-19-27(33)34)11-15-32(16-12-28)23-7-8-26(30-17-23)36-25-9-13-31(14-10-25)22-3-2-4-22/h5-8,17-18,22,25H,2-4,9-16,19-20H2,1H3. The normalized spacial score (nSPS) is 23.6. The lowest BCUT2D eigenvalue weighted by Gasteiger charge is -2.47. The van der Waals surface area contributed by atoms with Gasteiger partial charge < -0.3 is 24.2 Å². The van der Waals surface area contributed by atoms with Crippen molar-refractivity contribution >= 4 is 17.3 Å². The maximum absolute atomic E-state index is 12.6. The Hall–Kier alpha value is -2.71. The van der Waals surface area contributed by atoms with Crippen LogP contribution in [0.3, 0.4) is 0 Å². The predicted octanol–water partition coefficient (Wildman–Crippen LogP) is 3.58. The molecular formula is C28H37N5O3. The number of aryl methyl sites for hydroxylation is 1. The minimum atomic E-state index is -0.305. The van der Waals surface area contributed by atoms with Crippen molar-refractivity contribution < 1.29 is 14.3 Å². The van der Waals surface area contributed by atoms with Crippen molar-refractivity contribution in [1.29, 1.82) is 0 Å². The van der Waals surface area contributed by atoms with E-state index in [1.165, 1.54) is 19.3 Å². The lowest BCUT2D eigenvalue weighted by molar-refractivity contribution is -0.141. The second-order valence-electron chi connectivity index (χ2n) is 10.9. The van der Waals surface area contributed by atoms with Crippen LogP contribution in [0.25, 0.3) is 0 Å². The molecule has 2 aromatic heterocycles. The van der Waals surface area contributed by atoms with Gasteiger partial charge in [-0.05, 0) is 63.6 Å². The number of hydrogen-bond donors (Lipinski definition) is 0. The Morgan fingerprint density at radius 1 is 0.944 bits per heavy atom. The van der Waals surface area contributed by atoms with E-state index in [0.29, 0.717) is 6.54 Å². The van der Waals surface area contributed by atoms with Crippen LogP contribution in [0.15, 0.2) is 36.7 Å². The smallest absolute Gasteiger partial charge is 0.253 e. The fourth-order valence-electron chi connectivity index (χ4n) is 5.96. The third-order valence-corrected chi connectivity index (χ3v) is 8.57. The number of carbonyl (C=O) groups is 1. The summed E-state index contributed by atoms with van der Waals surface area (Å²) in [5.41, 5.74) is 2.61. The molecule has 2 aromatic rings. The Morgan fingerprint density at radius 3 is 2.33 bits per heavy atom. The molecular weight excluding hydrogens is 454 g/mol. The van der Waals surface area contributed by atoms with E-state index in [1.807, 2.05) is 36.2 Å². The molecule has 8 heteroatoms. The van der Waals surface area contributed by atoms with Crippen molar-refractivity contribution in [3.8, 4) is 5.88 Å². The molecule has 0 atom stereocenters. The third kappa shape index (κ3) is 4.93. The van der Waals surface area contributed by atoms with Gasteiger partial charge in [-0.1, -0.05) is 6.42 Å². The van der Waals surface area contributed by atoms with Crippen molar-refractivity contribution in [2.24, 2.45) is 0 Å². The monoisotopic (exact) mass is 491 g/mol. The first-order chi connectivity index (χ1) is 17.6. The van der Waals surface area contributed by atoms with Gasteiger partial charge in [0, 0.05) is 44.0 Å². The molecule has 1 saturated carbocycles. The van der Waals surface area contributed by atoms with Crippen LogP contribution >= 0.6 is 0 Å². The Labute approximate surface area is 213 Å². The molecule has 36 heavy (non-hydrogen) atoms. The molecule has 3 aliphatic heterocycles. The van der Waals surface area contributed by atoms with Gasteiger partial charge in [0.1, 0.15) is 12.7 Å². The summed E-state index contributed by atoms with van der Waals surface area (Å²) >= 11 is 0. The number of aromatic nitrogens is 2. The van der Waals surface area contributed by atoms with E-state index >= 15 is 0 Å². The second-order valence-corrected chi connectivity index (χ2v) is 10.9. The van der Waals surface area contributed by atoms with Crippen LogP contribution in [-0.4, -0.2) is 77.9 Å². The average Bonchev–Trinajstić information content (AvgIpc) is 2.87. The molecule has 3 saturated heterocycles. The zero-order chi connectivity index (χ0) is 24.5. The Morgan fingerprint density at radius 2 is 1.69 bits per heavy atom. The number of anilines is 2. The van der Waals surface area contributed by atoms with E-state index < -0.39 is 0 Å². The first-order valence-electron chi connectivity index (χ1n) is 13.6. The summed E-state index contributed by atoms with van der Waals surface area (Å²) in [5, 5.41) is 0. The number of rotatable bonds is 5. The summed E-state index contributed by atoms with van der Waals surface area (Å²) in [5.74, 6) is 0.730. The molecule has 0 bridgehead atoms. The number of morpholine rings is 1. The van der Waals surface area contributed by atoms with E-state index in [2.05, 4.69) is 25.8 Å². The average molecular weight is 492 g/mol. The largest absolute Gasteiger partial charge is 0.474 e. The zero-order valence-electron chi connectivity index (χ0n) is 21.3. The van der Waals surface area contributed by atoms with Gasteiger partial charge in [0.2, 0.25) is 5.88 Å². The van der Waals surface area contributed by atoms with Crippen LogP contribution in [0, 0.1) is 6.92 Å². The number of hydrogen-bond acceptors (Lipinski definition) is 7. The summed E-state index contributed by atoms with van der Waals surface area (Å²) in [6.45, 7) is 6.69. The molecule has 0 radical (unpaired) electrons. The van der Waals surface area contributed by atoms with Crippen molar-refractivity contribution in [3.63, 3.8) is 0 Å². The van der Waals surface area contributed by atoms with Crippen molar-refractivity contribution in [2.75, 3.05) is 49.1 Å². The molecule has 4 aliphatic rings. The van der Waals surface area contributed by atoms with Crippen LogP contribution in [0.1, 0.15) is 50.6 Å². The number of carbonyl (C=O) groups excluding carboxylic acids is 1. The molecule has 6 rings (SSSR count). The summed E-state index contributed by atoms with van der Waals surface area (Å²) in [6, 6.07) is 8.89. The first kappa shape index (κ1) is 23.7. The highest BCUT2D eigenvalue weighted by molar-refractivity contribution is 5.95. The predicted molar refractivity (Wildman–Crippen MR) is 139 cm³/mol. The topological polar surface area (TPSA) is 71.0 Å². The highest BCUT2D eigenvalue weighted by Crippen LogP contribution is 2.34. The second kappa shape index (κ2) is 9.98. The molecule has 5 heterocycles. The highest BCUT2D eigenvalue weighted by Gasteiger charge is 2.43. The SMILES string of the molecule is Cc1ccc(N2CC3(CCN(c4ccc(OC5CCN(C6CCC6)CC5)nc4)CC3)OCC2=O)cn1. The number of ether oxygens (including phenoxy) is 2. The number of amides is 1.